The normalized spacial score (nSPS) is 15.5. The molecule has 0 radical (unpaired) electrons. The van der Waals surface area contributed by atoms with Crippen LogP contribution in [0.25, 0.3) is 0 Å². The van der Waals surface area contributed by atoms with Crippen LogP contribution in [0.5, 0.6) is 0 Å². The highest BCUT2D eigenvalue weighted by atomic mass is 28.4. The van der Waals surface area contributed by atoms with E-state index in [1.165, 1.54) is 0 Å². The van der Waals surface area contributed by atoms with Gasteiger partial charge >= 0.3 is 8.80 Å². The van der Waals surface area contributed by atoms with Crippen molar-refractivity contribution in [3.63, 3.8) is 0 Å². The number of allylic oxidation sites excluding steroid dienone is 3. The maximum Gasteiger partial charge on any atom is 0.698 e. The van der Waals surface area contributed by atoms with Crippen LogP contribution < -0.4 is 5.73 Å². The van der Waals surface area contributed by atoms with Crippen LogP contribution in [0.1, 0.15) is 27.2 Å². The third-order valence-corrected chi connectivity index (χ3v) is 4.29. The molecule has 0 aromatic carbocycles. The minimum atomic E-state index is -2.72. The summed E-state index contributed by atoms with van der Waals surface area (Å²) < 4.78 is 16.9. The molecule has 4 nitrogen and oxygen atoms in total. The smallest absolute Gasteiger partial charge is 0.490 e. The second-order valence-electron chi connectivity index (χ2n) is 3.34. The number of hydrogen-bond acceptors (Lipinski definition) is 4. The fourth-order valence-corrected chi connectivity index (χ4v) is 3.28. The molecule has 0 rings (SSSR count). The molecule has 0 aliphatic rings. The van der Waals surface area contributed by atoms with E-state index < -0.39 is 8.80 Å². The summed E-state index contributed by atoms with van der Waals surface area (Å²) in [6, 6.07) is 0.683. The van der Waals surface area contributed by atoms with E-state index in [0.717, 1.165) is 6.42 Å². The molecule has 5 heteroatoms. The molecule has 0 saturated heterocycles. The van der Waals surface area contributed by atoms with Crippen LogP contribution >= 0.6 is 0 Å². The molecular weight excluding hydrogens is 234 g/mol. The molecule has 0 atom stereocenters. The SMILES string of the molecule is CC=CO[Si](CCCN)(OC=CC)OC=CC. The molecule has 0 aliphatic heterocycles. The highest BCUT2D eigenvalue weighted by Gasteiger charge is 2.45. The highest BCUT2D eigenvalue weighted by molar-refractivity contribution is 6.61. The summed E-state index contributed by atoms with van der Waals surface area (Å²) in [7, 11) is -2.72. The van der Waals surface area contributed by atoms with Crippen molar-refractivity contribution in [2.45, 2.75) is 33.2 Å². The van der Waals surface area contributed by atoms with Gasteiger partial charge in [-0.15, -0.1) is 0 Å². The number of hydrogen-bond donors (Lipinski definition) is 1. The Labute approximate surface area is 105 Å². The average Bonchev–Trinajstić information content (AvgIpc) is 2.37. The lowest BCUT2D eigenvalue weighted by atomic mass is 10.5. The van der Waals surface area contributed by atoms with E-state index in [1.807, 2.05) is 39.0 Å². The molecule has 0 unspecified atom stereocenters. The van der Waals surface area contributed by atoms with Gasteiger partial charge in [0.1, 0.15) is 0 Å². The average molecular weight is 257 g/mol. The third kappa shape index (κ3) is 6.86. The Hall–Kier alpha value is -1.20. The van der Waals surface area contributed by atoms with Crippen molar-refractivity contribution in [2.75, 3.05) is 6.54 Å². The molecular formula is C12H23NO3Si. The van der Waals surface area contributed by atoms with E-state index in [9.17, 15) is 0 Å². The molecule has 0 aromatic rings. The zero-order valence-corrected chi connectivity index (χ0v) is 11.9. The van der Waals surface area contributed by atoms with Crippen LogP contribution in [-0.4, -0.2) is 15.3 Å². The Balaban J connectivity index is 4.74. The summed E-state index contributed by atoms with van der Waals surface area (Å²) >= 11 is 0. The largest absolute Gasteiger partial charge is 0.698 e. The Bertz CT molecular complexity index is 228. The van der Waals surface area contributed by atoms with E-state index in [2.05, 4.69) is 0 Å². The number of nitrogens with two attached hydrogens (primary N) is 1. The van der Waals surface area contributed by atoms with Crippen molar-refractivity contribution in [1.29, 1.82) is 0 Å². The maximum absolute atomic E-state index is 5.64. The van der Waals surface area contributed by atoms with Crippen molar-refractivity contribution in [3.05, 3.63) is 37.0 Å². The summed E-state index contributed by atoms with van der Waals surface area (Å²) in [5.74, 6) is 0. The highest BCUT2D eigenvalue weighted by Crippen LogP contribution is 2.19. The van der Waals surface area contributed by atoms with Gasteiger partial charge in [0.2, 0.25) is 0 Å². The molecule has 17 heavy (non-hydrogen) atoms. The van der Waals surface area contributed by atoms with E-state index in [1.54, 1.807) is 18.8 Å². The quantitative estimate of drug-likeness (QED) is 0.510. The minimum Gasteiger partial charge on any atom is -0.490 e. The zero-order valence-electron chi connectivity index (χ0n) is 10.9. The van der Waals surface area contributed by atoms with E-state index in [0.29, 0.717) is 12.6 Å². The molecule has 0 aromatic heterocycles. The third-order valence-electron chi connectivity index (χ3n) is 1.84. The molecule has 0 bridgehead atoms. The molecule has 0 spiro atoms. The predicted octanol–water partition coefficient (Wildman–Crippen LogP) is 2.92. The van der Waals surface area contributed by atoms with Gasteiger partial charge in [0.25, 0.3) is 0 Å². The van der Waals surface area contributed by atoms with Crippen LogP contribution in [-0.2, 0) is 13.3 Å². The van der Waals surface area contributed by atoms with Crippen molar-refractivity contribution in [1.82, 2.24) is 0 Å². The lowest BCUT2D eigenvalue weighted by Crippen LogP contribution is -2.42. The van der Waals surface area contributed by atoms with Gasteiger partial charge in [-0.1, -0.05) is 18.2 Å². The van der Waals surface area contributed by atoms with Gasteiger partial charge in [0.05, 0.1) is 24.8 Å². The summed E-state index contributed by atoms with van der Waals surface area (Å²) in [6.45, 7) is 6.24. The monoisotopic (exact) mass is 257 g/mol. The van der Waals surface area contributed by atoms with Gasteiger partial charge in [0, 0.05) is 0 Å². The Morgan fingerprint density at radius 1 is 0.882 bits per heavy atom. The van der Waals surface area contributed by atoms with Gasteiger partial charge in [-0.05, 0) is 33.7 Å². The van der Waals surface area contributed by atoms with Gasteiger partial charge in [-0.2, -0.15) is 0 Å². The van der Waals surface area contributed by atoms with Gasteiger partial charge in [-0.25, -0.2) is 0 Å². The van der Waals surface area contributed by atoms with Gasteiger partial charge in [-0.3, -0.25) is 0 Å². The molecule has 0 saturated carbocycles. The Morgan fingerprint density at radius 2 is 1.29 bits per heavy atom. The van der Waals surface area contributed by atoms with Crippen molar-refractivity contribution in [2.24, 2.45) is 5.73 Å². The summed E-state index contributed by atoms with van der Waals surface area (Å²) in [5.41, 5.74) is 5.52. The summed E-state index contributed by atoms with van der Waals surface area (Å²) in [4.78, 5) is 0. The first-order valence-electron chi connectivity index (χ1n) is 5.81. The second-order valence-corrected chi connectivity index (χ2v) is 5.91. The van der Waals surface area contributed by atoms with Crippen LogP contribution in [0, 0.1) is 0 Å². The van der Waals surface area contributed by atoms with E-state index >= 15 is 0 Å². The van der Waals surface area contributed by atoms with E-state index in [-0.39, 0.29) is 0 Å². The van der Waals surface area contributed by atoms with Gasteiger partial charge < -0.3 is 19.0 Å². The minimum absolute atomic E-state index is 0.590. The standard InChI is InChI=1S/C12H23NO3Si/c1-4-9-14-17(12-7-8-13,15-10-5-2)16-11-6-3/h4-6,9-11H,7-8,12-13H2,1-3H3. The predicted molar refractivity (Wildman–Crippen MR) is 71.9 cm³/mol. The van der Waals surface area contributed by atoms with Crippen molar-refractivity contribution in [3.8, 4) is 0 Å². The molecule has 98 valence electrons. The van der Waals surface area contributed by atoms with Crippen LogP contribution in [0.2, 0.25) is 6.04 Å². The topological polar surface area (TPSA) is 53.7 Å². The lowest BCUT2D eigenvalue weighted by Gasteiger charge is -2.25. The second kappa shape index (κ2) is 9.98. The first-order valence-corrected chi connectivity index (χ1v) is 7.75. The molecule has 2 N–H and O–H groups in total. The molecule has 0 aliphatic carbocycles. The van der Waals surface area contributed by atoms with Crippen LogP contribution in [0.15, 0.2) is 37.0 Å². The maximum atomic E-state index is 5.64. The lowest BCUT2D eigenvalue weighted by molar-refractivity contribution is 0.179. The van der Waals surface area contributed by atoms with Crippen LogP contribution in [0.3, 0.4) is 0 Å². The first-order chi connectivity index (χ1) is 8.24. The van der Waals surface area contributed by atoms with Crippen molar-refractivity contribution >= 4 is 8.80 Å². The van der Waals surface area contributed by atoms with Crippen LogP contribution in [0.4, 0.5) is 0 Å². The zero-order chi connectivity index (χ0) is 13.0. The fourth-order valence-electron chi connectivity index (χ4n) is 1.09. The molecule has 0 heterocycles. The number of rotatable bonds is 9. The Kier molecular flexibility index (Phi) is 9.28. The van der Waals surface area contributed by atoms with E-state index in [4.69, 9.17) is 19.0 Å². The summed E-state index contributed by atoms with van der Waals surface area (Å²) in [5, 5.41) is 0. The summed E-state index contributed by atoms with van der Waals surface area (Å²) in [6.07, 6.45) is 11.0. The van der Waals surface area contributed by atoms with Crippen molar-refractivity contribution < 1.29 is 13.3 Å². The molecule has 0 amide bonds. The first kappa shape index (κ1) is 15.8. The fraction of sp³-hybridized carbons (Fsp3) is 0.500. The van der Waals surface area contributed by atoms with Gasteiger partial charge in [0.15, 0.2) is 0 Å². The Morgan fingerprint density at radius 3 is 1.59 bits per heavy atom. The molecule has 0 fully saturated rings.